The van der Waals surface area contributed by atoms with E-state index in [-0.39, 0.29) is 17.4 Å². The van der Waals surface area contributed by atoms with E-state index in [9.17, 15) is 9.90 Å². The van der Waals surface area contributed by atoms with E-state index in [4.69, 9.17) is 11.6 Å². The summed E-state index contributed by atoms with van der Waals surface area (Å²) in [6.07, 6.45) is 0. The molecule has 0 spiro atoms. The van der Waals surface area contributed by atoms with Crippen LogP contribution in [0.5, 0.6) is 5.75 Å². The molecule has 0 aliphatic rings. The second-order valence-electron chi connectivity index (χ2n) is 3.95. The molecule has 0 fully saturated rings. The minimum Gasteiger partial charge on any atom is -0.508 e. The van der Waals surface area contributed by atoms with Gasteiger partial charge in [0.2, 0.25) is 5.91 Å². The molecular weight excluding hydrogens is 362 g/mol. The van der Waals surface area contributed by atoms with E-state index in [1.807, 2.05) is 6.07 Å². The molecule has 0 aliphatic carbocycles. The van der Waals surface area contributed by atoms with Crippen LogP contribution in [0.15, 0.2) is 51.8 Å². The van der Waals surface area contributed by atoms with E-state index in [0.29, 0.717) is 10.7 Å². The van der Waals surface area contributed by atoms with Crippen molar-refractivity contribution < 1.29 is 9.90 Å². The smallest absolute Gasteiger partial charge is 0.234 e. The van der Waals surface area contributed by atoms with Crippen LogP contribution in [0.1, 0.15) is 0 Å². The molecule has 0 saturated heterocycles. The molecule has 0 radical (unpaired) electrons. The second-order valence-corrected chi connectivity index (χ2v) is 6.33. The Morgan fingerprint density at radius 3 is 2.60 bits per heavy atom. The third-order valence-corrected chi connectivity index (χ3v) is 4.23. The zero-order valence-electron chi connectivity index (χ0n) is 10.3. The Hall–Kier alpha value is -1.17. The molecule has 2 N–H and O–H groups in total. The van der Waals surface area contributed by atoms with Crippen LogP contribution < -0.4 is 5.32 Å². The number of carbonyl (C=O) groups is 1. The fraction of sp³-hybridized carbons (Fsp3) is 0.0714. The summed E-state index contributed by atoms with van der Waals surface area (Å²) in [5, 5.41) is 12.4. The van der Waals surface area contributed by atoms with Gasteiger partial charge in [0.05, 0.1) is 16.5 Å². The highest BCUT2D eigenvalue weighted by Gasteiger charge is 2.07. The van der Waals surface area contributed by atoms with Crippen molar-refractivity contribution in [2.45, 2.75) is 4.90 Å². The molecule has 0 aliphatic heterocycles. The van der Waals surface area contributed by atoms with E-state index < -0.39 is 0 Å². The number of hydrogen-bond acceptors (Lipinski definition) is 3. The van der Waals surface area contributed by atoms with Crippen molar-refractivity contribution in [1.29, 1.82) is 0 Å². The molecule has 0 saturated carbocycles. The zero-order valence-corrected chi connectivity index (χ0v) is 13.4. The van der Waals surface area contributed by atoms with E-state index in [2.05, 4.69) is 21.2 Å². The van der Waals surface area contributed by atoms with Gasteiger partial charge in [0, 0.05) is 9.37 Å². The third-order valence-electron chi connectivity index (χ3n) is 2.41. The largest absolute Gasteiger partial charge is 0.508 e. The van der Waals surface area contributed by atoms with Gasteiger partial charge in [0.15, 0.2) is 0 Å². The van der Waals surface area contributed by atoms with E-state index in [1.54, 1.807) is 36.4 Å². The third kappa shape index (κ3) is 4.44. The van der Waals surface area contributed by atoms with E-state index in [1.165, 1.54) is 11.8 Å². The fourth-order valence-electron chi connectivity index (χ4n) is 1.47. The molecule has 2 aromatic rings. The Morgan fingerprint density at radius 1 is 1.25 bits per heavy atom. The minimum absolute atomic E-state index is 0.132. The van der Waals surface area contributed by atoms with Gasteiger partial charge in [-0.3, -0.25) is 4.79 Å². The topological polar surface area (TPSA) is 49.3 Å². The van der Waals surface area contributed by atoms with Gasteiger partial charge in [0.25, 0.3) is 0 Å². The van der Waals surface area contributed by atoms with Crippen LogP contribution in [-0.4, -0.2) is 16.8 Å². The lowest BCUT2D eigenvalue weighted by atomic mass is 10.3. The van der Waals surface area contributed by atoms with Crippen LogP contribution in [0.3, 0.4) is 0 Å². The quantitative estimate of drug-likeness (QED) is 0.775. The number of hydrogen-bond donors (Lipinski definition) is 2. The van der Waals surface area contributed by atoms with Gasteiger partial charge in [-0.1, -0.05) is 27.5 Å². The molecule has 1 amide bonds. The molecule has 104 valence electrons. The second kappa shape index (κ2) is 7.02. The predicted molar refractivity (Wildman–Crippen MR) is 86.6 cm³/mol. The Bertz CT molecular complexity index is 619. The standard InChI is InChI=1S/C14H11BrClNO2S/c15-9-1-6-13(12(16)7-9)17-14(19)8-20-11-4-2-10(18)3-5-11/h1-7,18H,8H2,(H,17,19). The Morgan fingerprint density at radius 2 is 1.95 bits per heavy atom. The van der Waals surface area contributed by atoms with Crippen molar-refractivity contribution in [2.75, 3.05) is 11.1 Å². The lowest BCUT2D eigenvalue weighted by molar-refractivity contribution is -0.113. The van der Waals surface area contributed by atoms with Crippen LogP contribution in [0.25, 0.3) is 0 Å². The number of thioether (sulfide) groups is 1. The molecule has 0 atom stereocenters. The van der Waals surface area contributed by atoms with Crippen LogP contribution in [0.2, 0.25) is 5.02 Å². The number of phenols is 1. The minimum atomic E-state index is -0.132. The summed E-state index contributed by atoms with van der Waals surface area (Å²) in [5.74, 6) is 0.352. The van der Waals surface area contributed by atoms with Crippen molar-refractivity contribution in [3.05, 3.63) is 52.0 Å². The Kier molecular flexibility index (Phi) is 5.34. The summed E-state index contributed by atoms with van der Waals surface area (Å²) in [6.45, 7) is 0. The molecular formula is C14H11BrClNO2S. The maximum atomic E-state index is 11.8. The van der Waals surface area contributed by atoms with E-state index >= 15 is 0 Å². The first-order valence-electron chi connectivity index (χ1n) is 5.71. The summed E-state index contributed by atoms with van der Waals surface area (Å²) in [6, 6.07) is 12.0. The number of halogens is 2. The molecule has 0 aromatic heterocycles. The van der Waals surface area contributed by atoms with Gasteiger partial charge in [0.1, 0.15) is 5.75 Å². The van der Waals surface area contributed by atoms with Gasteiger partial charge in [-0.15, -0.1) is 11.8 Å². The fourth-order valence-corrected chi connectivity index (χ4v) is 2.89. The van der Waals surface area contributed by atoms with Crippen LogP contribution in [0.4, 0.5) is 5.69 Å². The first-order chi connectivity index (χ1) is 9.54. The monoisotopic (exact) mass is 371 g/mol. The van der Waals surface area contributed by atoms with Crippen molar-refractivity contribution in [1.82, 2.24) is 0 Å². The van der Waals surface area contributed by atoms with Crippen LogP contribution in [0, 0.1) is 0 Å². The Balaban J connectivity index is 1.90. The van der Waals surface area contributed by atoms with Gasteiger partial charge in [-0.05, 0) is 42.5 Å². The van der Waals surface area contributed by atoms with Gasteiger partial charge in [-0.2, -0.15) is 0 Å². The molecule has 20 heavy (non-hydrogen) atoms. The first kappa shape index (κ1) is 15.2. The number of phenolic OH excluding ortho intramolecular Hbond substituents is 1. The molecule has 6 heteroatoms. The summed E-state index contributed by atoms with van der Waals surface area (Å²) < 4.78 is 0.860. The van der Waals surface area contributed by atoms with Crippen molar-refractivity contribution in [3.63, 3.8) is 0 Å². The number of benzene rings is 2. The number of amides is 1. The summed E-state index contributed by atoms with van der Waals surface area (Å²) in [5.41, 5.74) is 0.589. The highest BCUT2D eigenvalue weighted by atomic mass is 79.9. The zero-order chi connectivity index (χ0) is 14.5. The number of aromatic hydroxyl groups is 1. The summed E-state index contributed by atoms with van der Waals surface area (Å²) in [7, 11) is 0. The molecule has 0 unspecified atom stereocenters. The summed E-state index contributed by atoms with van der Waals surface area (Å²) in [4.78, 5) is 12.8. The first-order valence-corrected chi connectivity index (χ1v) is 7.87. The predicted octanol–water partition coefficient (Wildman–Crippen LogP) is 4.54. The molecule has 3 nitrogen and oxygen atoms in total. The van der Waals surface area contributed by atoms with Gasteiger partial charge in [-0.25, -0.2) is 0 Å². The molecule has 0 bridgehead atoms. The average Bonchev–Trinajstić information content (AvgIpc) is 2.41. The number of rotatable bonds is 4. The SMILES string of the molecule is O=C(CSc1ccc(O)cc1)Nc1ccc(Br)cc1Cl. The average molecular weight is 373 g/mol. The van der Waals surface area contributed by atoms with Crippen molar-refractivity contribution in [2.24, 2.45) is 0 Å². The molecule has 0 heterocycles. The number of nitrogens with one attached hydrogen (secondary N) is 1. The maximum Gasteiger partial charge on any atom is 0.234 e. The van der Waals surface area contributed by atoms with Crippen molar-refractivity contribution in [3.8, 4) is 5.75 Å². The summed E-state index contributed by atoms with van der Waals surface area (Å²) >= 11 is 10.7. The number of carbonyl (C=O) groups excluding carboxylic acids is 1. The van der Waals surface area contributed by atoms with Crippen LogP contribution in [-0.2, 0) is 4.79 Å². The molecule has 2 aromatic carbocycles. The van der Waals surface area contributed by atoms with Crippen molar-refractivity contribution >= 4 is 50.9 Å². The van der Waals surface area contributed by atoms with Crippen LogP contribution >= 0.6 is 39.3 Å². The Labute approximate surface area is 134 Å². The maximum absolute atomic E-state index is 11.8. The lowest BCUT2D eigenvalue weighted by Gasteiger charge is -2.07. The lowest BCUT2D eigenvalue weighted by Crippen LogP contribution is -2.14. The normalized spacial score (nSPS) is 10.3. The highest BCUT2D eigenvalue weighted by molar-refractivity contribution is 9.10. The molecule has 2 rings (SSSR count). The number of anilines is 1. The van der Waals surface area contributed by atoms with E-state index in [0.717, 1.165) is 9.37 Å². The van der Waals surface area contributed by atoms with Gasteiger partial charge >= 0.3 is 0 Å². The van der Waals surface area contributed by atoms with Gasteiger partial charge < -0.3 is 10.4 Å². The highest BCUT2D eigenvalue weighted by Crippen LogP contribution is 2.26.